The topological polar surface area (TPSA) is 3.24 Å². The summed E-state index contributed by atoms with van der Waals surface area (Å²) in [4.78, 5) is 2.47. The number of anilines is 3. The lowest BCUT2D eigenvalue weighted by molar-refractivity contribution is 0.768. The van der Waals surface area contributed by atoms with Gasteiger partial charge >= 0.3 is 0 Å². The second-order valence-electron chi connectivity index (χ2n) is 15.2. The molecule has 0 heterocycles. The zero-order chi connectivity index (χ0) is 38.5. The molecule has 0 saturated carbocycles. The maximum absolute atomic E-state index is 2.47. The standard InChI is InChI=1S/C57H39N/c1-3-21-46(22-4-1)57(47-23-5-2-6-24-47)53-29-12-11-27-52(53)56-54(57)30-15-31-55(56)58(49-37-36-40-16-7-8-18-44(40)39-49)48-25-13-20-45(38-48)41-32-34-43(35-33-41)51-28-14-19-42-17-9-10-26-50(42)51/h1-39H. The maximum atomic E-state index is 2.47. The fourth-order valence-corrected chi connectivity index (χ4v) is 9.55. The molecule has 1 aliphatic carbocycles. The smallest absolute Gasteiger partial charge is 0.0714 e. The van der Waals surface area contributed by atoms with E-state index in [1.165, 1.54) is 77.2 Å². The van der Waals surface area contributed by atoms with Crippen LogP contribution in [0.15, 0.2) is 237 Å². The van der Waals surface area contributed by atoms with Crippen molar-refractivity contribution in [2.75, 3.05) is 4.90 Å². The molecule has 0 bridgehead atoms. The highest BCUT2D eigenvalue weighted by molar-refractivity contribution is 6.00. The van der Waals surface area contributed by atoms with Crippen molar-refractivity contribution in [2.24, 2.45) is 0 Å². The Hall–Kier alpha value is -7.48. The number of benzene rings is 10. The predicted octanol–water partition coefficient (Wildman–Crippen LogP) is 15.2. The third-order valence-electron chi connectivity index (χ3n) is 12.1. The van der Waals surface area contributed by atoms with Crippen LogP contribution in [0.5, 0.6) is 0 Å². The molecule has 1 nitrogen and oxygen atoms in total. The Labute approximate surface area is 339 Å². The fraction of sp³-hybridized carbons (Fsp3) is 0.0175. The van der Waals surface area contributed by atoms with E-state index in [9.17, 15) is 0 Å². The van der Waals surface area contributed by atoms with E-state index in [1.807, 2.05) is 0 Å². The van der Waals surface area contributed by atoms with Gasteiger partial charge in [-0.25, -0.2) is 0 Å². The van der Waals surface area contributed by atoms with Crippen molar-refractivity contribution in [3.05, 3.63) is 259 Å². The first kappa shape index (κ1) is 33.8. The van der Waals surface area contributed by atoms with E-state index < -0.39 is 5.41 Å². The minimum atomic E-state index is -0.493. The van der Waals surface area contributed by atoms with Crippen LogP contribution < -0.4 is 4.90 Å². The van der Waals surface area contributed by atoms with Crippen LogP contribution in [0.25, 0.3) is 54.9 Å². The first-order valence-electron chi connectivity index (χ1n) is 20.1. The van der Waals surface area contributed by atoms with Gasteiger partial charge in [-0.05, 0) is 102 Å². The van der Waals surface area contributed by atoms with Crippen molar-refractivity contribution < 1.29 is 0 Å². The minimum absolute atomic E-state index is 0.493. The van der Waals surface area contributed by atoms with Crippen molar-refractivity contribution in [2.45, 2.75) is 5.41 Å². The highest BCUT2D eigenvalue weighted by atomic mass is 15.1. The molecular weight excluding hydrogens is 699 g/mol. The van der Waals surface area contributed by atoms with Crippen molar-refractivity contribution in [3.63, 3.8) is 0 Å². The van der Waals surface area contributed by atoms with Crippen LogP contribution >= 0.6 is 0 Å². The highest BCUT2D eigenvalue weighted by Gasteiger charge is 2.47. The van der Waals surface area contributed by atoms with E-state index in [-0.39, 0.29) is 0 Å². The minimum Gasteiger partial charge on any atom is -0.310 e. The van der Waals surface area contributed by atoms with Gasteiger partial charge in [-0.1, -0.05) is 206 Å². The fourth-order valence-electron chi connectivity index (χ4n) is 9.55. The Balaban J connectivity index is 1.12. The molecule has 0 N–H and O–H groups in total. The molecule has 1 heteroatoms. The van der Waals surface area contributed by atoms with Gasteiger partial charge in [0.2, 0.25) is 0 Å². The van der Waals surface area contributed by atoms with E-state index in [0.29, 0.717) is 0 Å². The zero-order valence-electron chi connectivity index (χ0n) is 32.0. The summed E-state index contributed by atoms with van der Waals surface area (Å²) in [6.07, 6.45) is 0. The molecule has 0 fully saturated rings. The van der Waals surface area contributed by atoms with Gasteiger partial charge < -0.3 is 4.90 Å². The molecule has 0 unspecified atom stereocenters. The number of hydrogen-bond donors (Lipinski definition) is 0. The lowest BCUT2D eigenvalue weighted by Gasteiger charge is -2.34. The van der Waals surface area contributed by atoms with Crippen LogP contribution in [0.2, 0.25) is 0 Å². The van der Waals surface area contributed by atoms with E-state index in [0.717, 1.165) is 17.1 Å². The first-order valence-corrected chi connectivity index (χ1v) is 20.1. The molecule has 0 amide bonds. The van der Waals surface area contributed by atoms with Crippen molar-refractivity contribution in [3.8, 4) is 33.4 Å². The van der Waals surface area contributed by atoms with Gasteiger partial charge in [-0.3, -0.25) is 0 Å². The average Bonchev–Trinajstić information content (AvgIpc) is 3.61. The Kier molecular flexibility index (Phi) is 8.12. The number of nitrogens with zero attached hydrogens (tertiary/aromatic N) is 1. The van der Waals surface area contributed by atoms with Crippen LogP contribution in [-0.4, -0.2) is 0 Å². The predicted molar refractivity (Wildman–Crippen MR) is 244 cm³/mol. The van der Waals surface area contributed by atoms with Crippen molar-refractivity contribution in [1.29, 1.82) is 0 Å². The molecule has 1 aliphatic rings. The summed E-state index contributed by atoms with van der Waals surface area (Å²) in [6.45, 7) is 0. The molecule has 0 saturated heterocycles. The van der Waals surface area contributed by atoms with Crippen LogP contribution in [0.1, 0.15) is 22.3 Å². The molecule has 0 aromatic heterocycles. The van der Waals surface area contributed by atoms with Crippen molar-refractivity contribution in [1.82, 2.24) is 0 Å². The molecule has 0 spiro atoms. The Morgan fingerprint density at radius 3 is 1.67 bits per heavy atom. The zero-order valence-corrected chi connectivity index (χ0v) is 32.0. The summed E-state index contributed by atoms with van der Waals surface area (Å²) in [6, 6.07) is 86.8. The summed E-state index contributed by atoms with van der Waals surface area (Å²) in [5.41, 5.74) is 15.3. The normalized spacial score (nSPS) is 12.6. The van der Waals surface area contributed by atoms with Crippen LogP contribution in [-0.2, 0) is 5.41 Å². The SMILES string of the molecule is c1ccc(C2(c3ccccc3)c3ccccc3-c3c(N(c4cccc(-c5ccc(-c6cccc7ccccc67)cc5)c4)c4ccc5ccccc5c4)cccc32)cc1. The van der Waals surface area contributed by atoms with Gasteiger partial charge in [0.15, 0.2) is 0 Å². The summed E-state index contributed by atoms with van der Waals surface area (Å²) in [5, 5.41) is 4.96. The van der Waals surface area contributed by atoms with Crippen LogP contribution in [0.3, 0.4) is 0 Å². The quantitative estimate of drug-likeness (QED) is 0.157. The third kappa shape index (κ3) is 5.39. The molecule has 10 aromatic carbocycles. The van der Waals surface area contributed by atoms with E-state index in [4.69, 9.17) is 0 Å². The number of fused-ring (bicyclic) bond motifs is 5. The molecule has 10 aromatic rings. The molecule has 0 aliphatic heterocycles. The highest BCUT2D eigenvalue weighted by Crippen LogP contribution is 2.59. The molecule has 58 heavy (non-hydrogen) atoms. The molecular formula is C57H39N. The lowest BCUT2D eigenvalue weighted by Crippen LogP contribution is -2.28. The van der Waals surface area contributed by atoms with Gasteiger partial charge in [0.05, 0.1) is 11.1 Å². The molecule has 0 radical (unpaired) electrons. The van der Waals surface area contributed by atoms with E-state index >= 15 is 0 Å². The summed E-state index contributed by atoms with van der Waals surface area (Å²) < 4.78 is 0. The Bertz CT molecular complexity index is 3060. The maximum Gasteiger partial charge on any atom is 0.0714 e. The average molecular weight is 738 g/mol. The van der Waals surface area contributed by atoms with Gasteiger partial charge in [-0.2, -0.15) is 0 Å². The summed E-state index contributed by atoms with van der Waals surface area (Å²) in [5.74, 6) is 0. The third-order valence-corrected chi connectivity index (χ3v) is 12.1. The van der Waals surface area contributed by atoms with Gasteiger partial charge in [0.1, 0.15) is 0 Å². The number of hydrogen-bond acceptors (Lipinski definition) is 1. The Morgan fingerprint density at radius 2 is 0.879 bits per heavy atom. The Morgan fingerprint density at radius 1 is 0.310 bits per heavy atom. The van der Waals surface area contributed by atoms with Gasteiger partial charge in [0.25, 0.3) is 0 Å². The second kappa shape index (κ2) is 13.9. The second-order valence-corrected chi connectivity index (χ2v) is 15.2. The molecule has 0 atom stereocenters. The lowest BCUT2D eigenvalue weighted by atomic mass is 9.68. The van der Waals surface area contributed by atoms with Crippen LogP contribution in [0.4, 0.5) is 17.1 Å². The van der Waals surface area contributed by atoms with E-state index in [2.05, 4.69) is 241 Å². The molecule has 272 valence electrons. The summed E-state index contributed by atoms with van der Waals surface area (Å²) in [7, 11) is 0. The summed E-state index contributed by atoms with van der Waals surface area (Å²) >= 11 is 0. The van der Waals surface area contributed by atoms with Gasteiger partial charge in [0, 0.05) is 16.9 Å². The van der Waals surface area contributed by atoms with Crippen LogP contribution in [0, 0.1) is 0 Å². The monoisotopic (exact) mass is 737 g/mol. The van der Waals surface area contributed by atoms with E-state index in [1.54, 1.807) is 0 Å². The molecule has 11 rings (SSSR count). The van der Waals surface area contributed by atoms with Gasteiger partial charge in [-0.15, -0.1) is 0 Å². The first-order chi connectivity index (χ1) is 28.8. The largest absolute Gasteiger partial charge is 0.310 e. The number of rotatable bonds is 7. The van der Waals surface area contributed by atoms with Crippen molar-refractivity contribution >= 4 is 38.6 Å².